The highest BCUT2D eigenvalue weighted by Gasteiger charge is 2.10. The van der Waals surface area contributed by atoms with Gasteiger partial charge in [-0.25, -0.2) is 13.1 Å². The largest absolute Gasteiger partial charge is 0.299 e. The fourth-order valence-electron chi connectivity index (χ4n) is 2.43. The van der Waals surface area contributed by atoms with Crippen molar-refractivity contribution in [3.05, 3.63) is 35.4 Å². The second kappa shape index (κ2) is 7.20. The zero-order chi connectivity index (χ0) is 14.4. The van der Waals surface area contributed by atoms with Crippen LogP contribution in [0.4, 0.5) is 0 Å². The summed E-state index contributed by atoms with van der Waals surface area (Å²) < 4.78 is 25.4. The Kier molecular flexibility index (Phi) is 5.57. The summed E-state index contributed by atoms with van der Waals surface area (Å²) in [7, 11) is -3.11. The molecule has 0 aromatic heterocycles. The van der Waals surface area contributed by atoms with Gasteiger partial charge in [0.25, 0.3) is 0 Å². The molecule has 1 saturated heterocycles. The van der Waals surface area contributed by atoms with Gasteiger partial charge in [-0.1, -0.05) is 30.7 Å². The van der Waals surface area contributed by atoms with Gasteiger partial charge in [0.05, 0.1) is 5.75 Å². The fraction of sp³-hybridized carbons (Fsp3) is 0.600. The number of hydrogen-bond acceptors (Lipinski definition) is 3. The Balaban J connectivity index is 1.86. The van der Waals surface area contributed by atoms with Crippen LogP contribution in [0, 0.1) is 0 Å². The van der Waals surface area contributed by atoms with E-state index >= 15 is 0 Å². The zero-order valence-electron chi connectivity index (χ0n) is 12.1. The van der Waals surface area contributed by atoms with Crippen molar-refractivity contribution in [2.45, 2.75) is 39.3 Å². The number of hydrogen-bond donors (Lipinski definition) is 1. The van der Waals surface area contributed by atoms with Crippen molar-refractivity contribution in [3.8, 4) is 0 Å². The van der Waals surface area contributed by atoms with E-state index in [1.807, 2.05) is 12.1 Å². The van der Waals surface area contributed by atoms with Crippen LogP contribution in [0.3, 0.4) is 0 Å². The Bertz CT molecular complexity index is 505. The summed E-state index contributed by atoms with van der Waals surface area (Å²) >= 11 is 0. The van der Waals surface area contributed by atoms with Crippen LogP contribution >= 0.6 is 0 Å². The third-order valence-electron chi connectivity index (χ3n) is 3.75. The summed E-state index contributed by atoms with van der Waals surface area (Å²) in [5, 5.41) is 0. The average molecular weight is 296 g/mol. The lowest BCUT2D eigenvalue weighted by Crippen LogP contribution is -2.29. The maximum atomic E-state index is 11.4. The first-order chi connectivity index (χ1) is 9.59. The van der Waals surface area contributed by atoms with Crippen molar-refractivity contribution < 1.29 is 8.42 Å². The number of sulfonamides is 1. The minimum atomic E-state index is -3.11. The molecule has 0 amide bonds. The first-order valence-electron chi connectivity index (χ1n) is 7.36. The van der Waals surface area contributed by atoms with Gasteiger partial charge in [0.15, 0.2) is 0 Å². The van der Waals surface area contributed by atoms with Crippen molar-refractivity contribution >= 4 is 10.0 Å². The molecule has 0 unspecified atom stereocenters. The van der Waals surface area contributed by atoms with Gasteiger partial charge < -0.3 is 0 Å². The van der Waals surface area contributed by atoms with E-state index in [0.29, 0.717) is 6.54 Å². The third-order valence-corrected chi connectivity index (χ3v) is 5.10. The number of piperidine rings is 1. The van der Waals surface area contributed by atoms with Crippen LogP contribution in [-0.4, -0.2) is 32.2 Å². The zero-order valence-corrected chi connectivity index (χ0v) is 13.0. The van der Waals surface area contributed by atoms with Crippen molar-refractivity contribution in [3.63, 3.8) is 0 Å². The van der Waals surface area contributed by atoms with Crippen LogP contribution in [0.1, 0.15) is 37.3 Å². The molecule has 20 heavy (non-hydrogen) atoms. The van der Waals surface area contributed by atoms with Crippen molar-refractivity contribution in [2.75, 3.05) is 18.8 Å². The van der Waals surface area contributed by atoms with Gasteiger partial charge >= 0.3 is 0 Å². The Labute approximate surface area is 122 Å². The van der Waals surface area contributed by atoms with Crippen LogP contribution in [0.2, 0.25) is 0 Å². The first-order valence-corrected chi connectivity index (χ1v) is 9.02. The number of likely N-dealkylation sites (tertiary alicyclic amines) is 1. The molecule has 1 heterocycles. The molecule has 112 valence electrons. The van der Waals surface area contributed by atoms with Gasteiger partial charge in [0.2, 0.25) is 10.0 Å². The number of rotatable bonds is 6. The number of nitrogens with one attached hydrogen (secondary N) is 1. The molecular formula is C15H24N2O2S. The maximum Gasteiger partial charge on any atom is 0.211 e. The molecule has 0 atom stereocenters. The van der Waals surface area contributed by atoms with Gasteiger partial charge in [0, 0.05) is 13.1 Å². The summed E-state index contributed by atoms with van der Waals surface area (Å²) in [6.07, 6.45) is 3.96. The molecule has 1 N–H and O–H groups in total. The van der Waals surface area contributed by atoms with Crippen LogP contribution in [0.15, 0.2) is 24.3 Å². The SMILES string of the molecule is CCS(=O)(=O)NCc1ccc(CN2CCCCC2)cc1. The minimum Gasteiger partial charge on any atom is -0.299 e. The lowest BCUT2D eigenvalue weighted by atomic mass is 10.1. The van der Waals surface area contributed by atoms with E-state index in [4.69, 9.17) is 0 Å². The summed E-state index contributed by atoms with van der Waals surface area (Å²) in [5.74, 6) is 0.125. The molecule has 0 saturated carbocycles. The van der Waals surface area contributed by atoms with E-state index in [9.17, 15) is 8.42 Å². The molecule has 1 aromatic carbocycles. The highest BCUT2D eigenvalue weighted by molar-refractivity contribution is 7.89. The van der Waals surface area contributed by atoms with E-state index in [1.54, 1.807) is 6.92 Å². The molecular weight excluding hydrogens is 272 g/mol. The van der Waals surface area contributed by atoms with Crippen LogP contribution < -0.4 is 4.72 Å². The average Bonchev–Trinajstić information content (AvgIpc) is 2.48. The molecule has 0 radical (unpaired) electrons. The normalized spacial score (nSPS) is 17.2. The Morgan fingerprint density at radius 2 is 1.65 bits per heavy atom. The van der Waals surface area contributed by atoms with Crippen molar-refractivity contribution in [1.29, 1.82) is 0 Å². The second-order valence-electron chi connectivity index (χ2n) is 5.38. The van der Waals surface area contributed by atoms with Crippen LogP contribution in [0.25, 0.3) is 0 Å². The van der Waals surface area contributed by atoms with Crippen molar-refractivity contribution in [1.82, 2.24) is 9.62 Å². The third kappa shape index (κ3) is 4.89. The first kappa shape index (κ1) is 15.5. The maximum absolute atomic E-state index is 11.4. The predicted octanol–water partition coefficient (Wildman–Crippen LogP) is 2.11. The Morgan fingerprint density at radius 1 is 1.05 bits per heavy atom. The quantitative estimate of drug-likeness (QED) is 0.874. The van der Waals surface area contributed by atoms with E-state index < -0.39 is 10.0 Å². The molecule has 1 aliphatic rings. The minimum absolute atomic E-state index is 0.125. The monoisotopic (exact) mass is 296 g/mol. The Hall–Kier alpha value is -0.910. The van der Waals surface area contributed by atoms with Gasteiger partial charge in [-0.05, 0) is 44.0 Å². The van der Waals surface area contributed by atoms with Gasteiger partial charge in [-0.2, -0.15) is 0 Å². The van der Waals surface area contributed by atoms with Crippen LogP contribution in [0.5, 0.6) is 0 Å². The summed E-state index contributed by atoms with van der Waals surface area (Å²) in [6, 6.07) is 8.23. The van der Waals surface area contributed by atoms with Gasteiger partial charge in [-0.15, -0.1) is 0 Å². The molecule has 1 fully saturated rings. The van der Waals surface area contributed by atoms with Gasteiger partial charge in [-0.3, -0.25) is 4.90 Å². The van der Waals surface area contributed by atoms with E-state index in [0.717, 1.165) is 12.1 Å². The molecule has 0 spiro atoms. The van der Waals surface area contributed by atoms with Crippen molar-refractivity contribution in [2.24, 2.45) is 0 Å². The molecule has 0 aliphatic carbocycles. The lowest BCUT2D eigenvalue weighted by molar-refractivity contribution is 0.221. The van der Waals surface area contributed by atoms with Crippen LogP contribution in [-0.2, 0) is 23.1 Å². The Morgan fingerprint density at radius 3 is 2.25 bits per heavy atom. The standard InChI is InChI=1S/C15H24N2O2S/c1-2-20(18,19)16-12-14-6-8-15(9-7-14)13-17-10-4-3-5-11-17/h6-9,16H,2-5,10-13H2,1H3. The lowest BCUT2D eigenvalue weighted by Gasteiger charge is -2.26. The molecule has 5 heteroatoms. The second-order valence-corrected chi connectivity index (χ2v) is 7.47. The summed E-state index contributed by atoms with van der Waals surface area (Å²) in [6.45, 7) is 5.40. The molecule has 4 nitrogen and oxygen atoms in total. The molecule has 1 aromatic rings. The highest BCUT2D eigenvalue weighted by atomic mass is 32.2. The van der Waals surface area contributed by atoms with E-state index in [1.165, 1.54) is 37.9 Å². The van der Waals surface area contributed by atoms with Gasteiger partial charge in [0.1, 0.15) is 0 Å². The molecule has 1 aliphatic heterocycles. The topological polar surface area (TPSA) is 49.4 Å². The number of benzene rings is 1. The van der Waals surface area contributed by atoms with E-state index in [-0.39, 0.29) is 5.75 Å². The van der Waals surface area contributed by atoms with E-state index in [2.05, 4.69) is 21.8 Å². The summed E-state index contributed by atoms with van der Waals surface area (Å²) in [5.41, 5.74) is 2.30. The predicted molar refractivity (Wildman–Crippen MR) is 81.9 cm³/mol. The molecule has 0 bridgehead atoms. The fourth-order valence-corrected chi connectivity index (χ4v) is 3.02. The smallest absolute Gasteiger partial charge is 0.211 e. The number of nitrogens with zero attached hydrogens (tertiary/aromatic N) is 1. The molecule has 2 rings (SSSR count). The highest BCUT2D eigenvalue weighted by Crippen LogP contribution is 2.13. The summed E-state index contributed by atoms with van der Waals surface area (Å²) in [4.78, 5) is 2.48.